The van der Waals surface area contributed by atoms with Gasteiger partial charge in [-0.25, -0.2) is 0 Å². The van der Waals surface area contributed by atoms with Crippen LogP contribution in [0.3, 0.4) is 0 Å². The number of hydrogen-bond acceptors (Lipinski definition) is 3. The SMILES string of the molecule is CC(O)C1CCC2C3CC=C4C[C@@H](O)CC[C@]4(C)C3[C@@H](O)C[C@]12C. The number of aliphatic hydroxyl groups excluding tert-OH is 3. The maximum atomic E-state index is 11.2. The van der Waals surface area contributed by atoms with Crippen LogP contribution in [0.25, 0.3) is 0 Å². The molecule has 136 valence electrons. The third-order valence-corrected chi connectivity index (χ3v) is 8.66. The summed E-state index contributed by atoms with van der Waals surface area (Å²) >= 11 is 0. The maximum Gasteiger partial charge on any atom is 0.0585 e. The first-order valence-corrected chi connectivity index (χ1v) is 10.0. The zero-order chi connectivity index (χ0) is 17.3. The molecule has 0 aromatic rings. The van der Waals surface area contributed by atoms with Crippen LogP contribution in [-0.2, 0) is 0 Å². The van der Waals surface area contributed by atoms with E-state index in [4.69, 9.17) is 0 Å². The predicted molar refractivity (Wildman–Crippen MR) is 94.3 cm³/mol. The lowest BCUT2D eigenvalue weighted by Gasteiger charge is -2.59. The van der Waals surface area contributed by atoms with Gasteiger partial charge >= 0.3 is 0 Å². The first-order valence-electron chi connectivity index (χ1n) is 10.0. The Morgan fingerprint density at radius 2 is 1.92 bits per heavy atom. The Hall–Kier alpha value is -0.380. The highest BCUT2D eigenvalue weighted by Gasteiger charge is 2.62. The van der Waals surface area contributed by atoms with Crippen LogP contribution in [0, 0.1) is 34.5 Å². The normalized spacial score (nSPS) is 55.2. The topological polar surface area (TPSA) is 60.7 Å². The number of rotatable bonds is 1. The Morgan fingerprint density at radius 1 is 1.17 bits per heavy atom. The van der Waals surface area contributed by atoms with Gasteiger partial charge in [0.2, 0.25) is 0 Å². The minimum Gasteiger partial charge on any atom is -0.393 e. The summed E-state index contributed by atoms with van der Waals surface area (Å²) in [7, 11) is 0. The van der Waals surface area contributed by atoms with Crippen molar-refractivity contribution in [3.8, 4) is 0 Å². The highest BCUT2D eigenvalue weighted by atomic mass is 16.3. The van der Waals surface area contributed by atoms with E-state index < -0.39 is 0 Å². The molecule has 0 bridgehead atoms. The average Bonchev–Trinajstić information content (AvgIpc) is 2.84. The van der Waals surface area contributed by atoms with Crippen LogP contribution in [0.5, 0.6) is 0 Å². The molecule has 0 amide bonds. The lowest BCUT2D eigenvalue weighted by Crippen LogP contribution is -2.57. The van der Waals surface area contributed by atoms with Crippen molar-refractivity contribution >= 4 is 0 Å². The van der Waals surface area contributed by atoms with Crippen LogP contribution < -0.4 is 0 Å². The maximum absolute atomic E-state index is 11.2. The van der Waals surface area contributed by atoms with Gasteiger partial charge in [0.25, 0.3) is 0 Å². The van der Waals surface area contributed by atoms with Crippen molar-refractivity contribution in [1.29, 1.82) is 0 Å². The van der Waals surface area contributed by atoms with Gasteiger partial charge in [-0.3, -0.25) is 0 Å². The zero-order valence-electron chi connectivity index (χ0n) is 15.4. The molecule has 3 heteroatoms. The van der Waals surface area contributed by atoms with Gasteiger partial charge in [-0.1, -0.05) is 25.5 Å². The molecule has 0 aliphatic heterocycles. The van der Waals surface area contributed by atoms with Crippen LogP contribution in [0.4, 0.5) is 0 Å². The summed E-state index contributed by atoms with van der Waals surface area (Å²) in [5, 5.41) is 31.6. The largest absolute Gasteiger partial charge is 0.393 e. The van der Waals surface area contributed by atoms with E-state index in [1.165, 1.54) is 12.0 Å². The number of aliphatic hydroxyl groups is 3. The van der Waals surface area contributed by atoms with E-state index in [9.17, 15) is 15.3 Å². The molecule has 0 aromatic heterocycles. The van der Waals surface area contributed by atoms with Gasteiger partial charge < -0.3 is 15.3 Å². The molecule has 4 aliphatic rings. The van der Waals surface area contributed by atoms with Crippen molar-refractivity contribution in [2.45, 2.75) is 84.0 Å². The quantitative estimate of drug-likeness (QED) is 0.645. The fourth-order valence-corrected chi connectivity index (χ4v) is 7.60. The van der Waals surface area contributed by atoms with E-state index in [0.29, 0.717) is 23.7 Å². The smallest absolute Gasteiger partial charge is 0.0585 e. The predicted octanol–water partition coefficient (Wildman–Crippen LogP) is 3.28. The first-order chi connectivity index (χ1) is 11.3. The molecule has 0 saturated heterocycles. The third-order valence-electron chi connectivity index (χ3n) is 8.66. The summed E-state index contributed by atoms with van der Waals surface area (Å²) in [6.07, 6.45) is 8.48. The van der Waals surface area contributed by atoms with Crippen molar-refractivity contribution in [1.82, 2.24) is 0 Å². The molecule has 0 radical (unpaired) electrons. The summed E-state index contributed by atoms with van der Waals surface area (Å²) in [5.74, 6) is 1.80. The van der Waals surface area contributed by atoms with Crippen LogP contribution in [0.15, 0.2) is 11.6 Å². The molecule has 3 N–H and O–H groups in total. The molecule has 4 rings (SSSR count). The Balaban J connectivity index is 1.70. The van der Waals surface area contributed by atoms with E-state index in [2.05, 4.69) is 19.9 Å². The average molecular weight is 335 g/mol. The van der Waals surface area contributed by atoms with Crippen LogP contribution >= 0.6 is 0 Å². The van der Waals surface area contributed by atoms with Crippen molar-refractivity contribution in [2.24, 2.45) is 34.5 Å². The van der Waals surface area contributed by atoms with Gasteiger partial charge in [-0.05, 0) is 86.4 Å². The second-order valence-corrected chi connectivity index (χ2v) is 9.78. The standard InChI is InChI=1S/C21H34O3/c1-12(22)16-6-7-17-15-5-4-13-10-14(23)8-9-20(13,2)19(15)18(24)11-21(16,17)3/h4,12,14-19,22-24H,5-11H2,1-3H3/t12?,14-,15?,16?,17?,18-,19?,20-,21+/m0/s1. The molecule has 0 aromatic carbocycles. The molecule has 0 heterocycles. The Bertz CT molecular complexity index is 541. The zero-order valence-corrected chi connectivity index (χ0v) is 15.4. The molecular weight excluding hydrogens is 300 g/mol. The number of hydrogen-bond donors (Lipinski definition) is 3. The Morgan fingerprint density at radius 3 is 2.62 bits per heavy atom. The second kappa shape index (κ2) is 5.56. The highest BCUT2D eigenvalue weighted by molar-refractivity contribution is 5.26. The fraction of sp³-hybridized carbons (Fsp3) is 0.905. The van der Waals surface area contributed by atoms with Crippen LogP contribution in [0.1, 0.15) is 65.7 Å². The minimum atomic E-state index is -0.279. The molecule has 4 aliphatic carbocycles. The van der Waals surface area contributed by atoms with Crippen molar-refractivity contribution in [3.05, 3.63) is 11.6 Å². The Labute approximate surface area is 146 Å². The molecule has 3 saturated carbocycles. The lowest BCUT2D eigenvalue weighted by atomic mass is 9.46. The van der Waals surface area contributed by atoms with Crippen LogP contribution in [0.2, 0.25) is 0 Å². The van der Waals surface area contributed by atoms with Gasteiger partial charge in [-0.15, -0.1) is 0 Å². The lowest BCUT2D eigenvalue weighted by molar-refractivity contribution is -0.134. The summed E-state index contributed by atoms with van der Waals surface area (Å²) in [6.45, 7) is 6.60. The van der Waals surface area contributed by atoms with Crippen molar-refractivity contribution < 1.29 is 15.3 Å². The molecule has 5 unspecified atom stereocenters. The first kappa shape index (κ1) is 17.1. The second-order valence-electron chi connectivity index (χ2n) is 9.78. The van der Waals surface area contributed by atoms with E-state index in [1.54, 1.807) is 0 Å². The molecule has 3 nitrogen and oxygen atoms in total. The van der Waals surface area contributed by atoms with Crippen LogP contribution in [-0.4, -0.2) is 33.6 Å². The highest BCUT2D eigenvalue weighted by Crippen LogP contribution is 2.66. The van der Waals surface area contributed by atoms with Crippen molar-refractivity contribution in [3.63, 3.8) is 0 Å². The minimum absolute atomic E-state index is 0.0613. The fourth-order valence-electron chi connectivity index (χ4n) is 7.60. The van der Waals surface area contributed by atoms with Crippen molar-refractivity contribution in [2.75, 3.05) is 0 Å². The van der Waals surface area contributed by atoms with E-state index >= 15 is 0 Å². The Kier molecular flexibility index (Phi) is 3.95. The molecule has 24 heavy (non-hydrogen) atoms. The molecular formula is C21H34O3. The molecule has 3 fully saturated rings. The summed E-state index contributed by atoms with van der Waals surface area (Å²) in [6, 6.07) is 0. The third kappa shape index (κ3) is 2.20. The summed E-state index contributed by atoms with van der Waals surface area (Å²) < 4.78 is 0. The van der Waals surface area contributed by atoms with Gasteiger partial charge in [0.05, 0.1) is 18.3 Å². The summed E-state index contributed by atoms with van der Waals surface area (Å²) in [4.78, 5) is 0. The molecule has 0 spiro atoms. The summed E-state index contributed by atoms with van der Waals surface area (Å²) in [5.41, 5.74) is 1.53. The van der Waals surface area contributed by atoms with Gasteiger partial charge in [-0.2, -0.15) is 0 Å². The van der Waals surface area contributed by atoms with Gasteiger partial charge in [0.1, 0.15) is 0 Å². The molecule has 9 atom stereocenters. The van der Waals surface area contributed by atoms with Gasteiger partial charge in [0.15, 0.2) is 0 Å². The van der Waals surface area contributed by atoms with E-state index in [1.807, 2.05) is 6.92 Å². The van der Waals surface area contributed by atoms with E-state index in [0.717, 1.165) is 38.5 Å². The monoisotopic (exact) mass is 334 g/mol. The van der Waals surface area contributed by atoms with E-state index in [-0.39, 0.29) is 29.1 Å². The number of fused-ring (bicyclic) bond motifs is 5. The number of allylic oxidation sites excluding steroid dienone is 1. The van der Waals surface area contributed by atoms with Gasteiger partial charge in [0, 0.05) is 0 Å².